The largest absolute Gasteiger partial charge is 0.790 e. The molecule has 2 aromatic heterocycles. The number of imidazole rings is 1. The Bertz CT molecular complexity index is 1910. The number of ether oxygens (including phenoxy) is 1. The summed E-state index contributed by atoms with van der Waals surface area (Å²) in [6.07, 6.45) is 0.794. The first-order valence-electron chi connectivity index (χ1n) is 16.8. The van der Waals surface area contributed by atoms with Crippen molar-refractivity contribution in [1.82, 2.24) is 30.2 Å². The lowest BCUT2D eigenvalue weighted by atomic mass is 9.87. The maximum atomic E-state index is 12.5. The molecule has 2 aromatic rings. The van der Waals surface area contributed by atoms with Crippen LogP contribution in [0.4, 0.5) is 5.82 Å². The molecule has 0 aliphatic carbocycles. The van der Waals surface area contributed by atoms with E-state index in [0.29, 0.717) is 5.75 Å². The Morgan fingerprint density at radius 2 is 1.75 bits per heavy atom. The number of nitrogens with one attached hydrogen (secondary N) is 2. The van der Waals surface area contributed by atoms with Gasteiger partial charge in [0.15, 0.2) is 22.8 Å². The lowest BCUT2D eigenvalue weighted by Gasteiger charge is -2.36. The Balaban J connectivity index is 1.46. The van der Waals surface area contributed by atoms with Gasteiger partial charge in [-0.1, -0.05) is 56.8 Å². The molecule has 0 aromatic carbocycles. The molecule has 0 radical (unpaired) electrons. The van der Waals surface area contributed by atoms with E-state index in [9.17, 15) is 57.9 Å². The van der Waals surface area contributed by atoms with E-state index in [1.807, 2.05) is 19.1 Å². The van der Waals surface area contributed by atoms with Crippen LogP contribution in [0.3, 0.4) is 0 Å². The molecule has 6 N–H and O–H groups in total. The van der Waals surface area contributed by atoms with Gasteiger partial charge in [-0.3, -0.25) is 28.1 Å². The molecule has 1 aliphatic rings. The quantitative estimate of drug-likeness (QED) is 0.0460. The zero-order valence-electron chi connectivity index (χ0n) is 30.6. The lowest BCUT2D eigenvalue weighted by Crippen LogP contribution is -2.46. The second kappa shape index (κ2) is 21.3. The molecule has 24 nitrogen and oxygen atoms in total. The van der Waals surface area contributed by atoms with Gasteiger partial charge in [0.25, 0.3) is 15.6 Å². The molecule has 28 heteroatoms. The van der Waals surface area contributed by atoms with Gasteiger partial charge < -0.3 is 69.0 Å². The zero-order valence-corrected chi connectivity index (χ0v) is 34.1. The van der Waals surface area contributed by atoms with Crippen LogP contribution < -0.4 is 35.9 Å². The molecular formula is C29H42N7O17P3S-4. The summed E-state index contributed by atoms with van der Waals surface area (Å²) in [6.45, 7) is 2.07. The van der Waals surface area contributed by atoms with E-state index in [0.717, 1.165) is 35.4 Å². The van der Waals surface area contributed by atoms with Crippen molar-refractivity contribution in [2.24, 2.45) is 5.41 Å². The molecule has 57 heavy (non-hydrogen) atoms. The van der Waals surface area contributed by atoms with Crippen LogP contribution in [0, 0.1) is 5.41 Å². The second-order valence-corrected chi connectivity index (χ2v) is 17.9. The highest BCUT2D eigenvalue weighted by Crippen LogP contribution is 2.56. The molecule has 1 fully saturated rings. The minimum absolute atomic E-state index is 0.0220. The van der Waals surface area contributed by atoms with Crippen molar-refractivity contribution < 1.29 is 80.5 Å². The van der Waals surface area contributed by atoms with Crippen molar-refractivity contribution in [3.05, 3.63) is 37.0 Å². The number of aliphatic hydroxyl groups excluding tert-OH is 2. The molecule has 7 atom stereocenters. The first-order valence-corrected chi connectivity index (χ1v) is 22.2. The lowest BCUT2D eigenvalue weighted by molar-refractivity contribution is -0.347. The van der Waals surface area contributed by atoms with Gasteiger partial charge in [-0.15, -0.1) is 0 Å². The summed E-state index contributed by atoms with van der Waals surface area (Å²) in [5, 5.41) is 26.1. The number of aromatic nitrogens is 4. The molecule has 0 bridgehead atoms. The van der Waals surface area contributed by atoms with Gasteiger partial charge in [0.2, 0.25) is 11.8 Å². The van der Waals surface area contributed by atoms with E-state index < -0.39 is 84.6 Å². The number of rotatable bonds is 23. The number of carbonyl (C=O) groups is 3. The van der Waals surface area contributed by atoms with Gasteiger partial charge in [-0.2, -0.15) is 0 Å². The first kappa shape index (κ1) is 48.4. The molecule has 320 valence electrons. The fraction of sp³-hybridized carbons (Fsp3) is 0.586. The summed E-state index contributed by atoms with van der Waals surface area (Å²) in [5.41, 5.74) is 4.06. The van der Waals surface area contributed by atoms with E-state index in [1.54, 1.807) is 12.2 Å². The van der Waals surface area contributed by atoms with E-state index in [2.05, 4.69) is 43.5 Å². The van der Waals surface area contributed by atoms with Gasteiger partial charge in [-0.25, -0.2) is 19.3 Å². The van der Waals surface area contributed by atoms with Gasteiger partial charge in [0.05, 0.1) is 27.4 Å². The highest BCUT2D eigenvalue weighted by Gasteiger charge is 2.47. The minimum atomic E-state index is -5.91. The van der Waals surface area contributed by atoms with Crippen LogP contribution in [0.2, 0.25) is 0 Å². The van der Waals surface area contributed by atoms with Crippen LogP contribution in [-0.4, -0.2) is 103 Å². The number of nitrogens with zero attached hydrogens (tertiary/aromatic N) is 4. The molecule has 1 saturated heterocycles. The van der Waals surface area contributed by atoms with E-state index in [4.69, 9.17) is 10.5 Å². The predicted octanol–water partition coefficient (Wildman–Crippen LogP) is -1.95. The number of allylic oxidation sites excluding steroid dienone is 4. The number of thioether (sulfide) groups is 1. The van der Waals surface area contributed by atoms with Crippen molar-refractivity contribution in [3.63, 3.8) is 0 Å². The van der Waals surface area contributed by atoms with Crippen LogP contribution in [-0.2, 0) is 50.7 Å². The number of hydrogen-bond donors (Lipinski definition) is 5. The average molecular weight is 886 g/mol. The smallest absolute Gasteiger partial charge is 0.274 e. The first-order chi connectivity index (χ1) is 26.6. The molecule has 2 amide bonds. The van der Waals surface area contributed by atoms with Gasteiger partial charge in [0.1, 0.15) is 36.3 Å². The van der Waals surface area contributed by atoms with Gasteiger partial charge >= 0.3 is 0 Å². The maximum Gasteiger partial charge on any atom is 0.274 e. The molecule has 0 saturated carbocycles. The van der Waals surface area contributed by atoms with Crippen molar-refractivity contribution >= 4 is 69.1 Å². The van der Waals surface area contributed by atoms with Crippen molar-refractivity contribution in [2.45, 2.75) is 70.7 Å². The number of anilines is 1. The fourth-order valence-corrected chi connectivity index (χ4v) is 8.17. The van der Waals surface area contributed by atoms with Crippen LogP contribution in [0.15, 0.2) is 37.0 Å². The zero-order chi connectivity index (χ0) is 42.6. The Labute approximate surface area is 330 Å². The number of nitrogen functional groups attached to an aromatic ring is 1. The number of carbonyl (C=O) groups excluding carboxylic acids is 3. The second-order valence-electron chi connectivity index (χ2n) is 12.7. The number of phosphoric ester groups is 3. The highest BCUT2D eigenvalue weighted by atomic mass is 32.2. The fourth-order valence-electron chi connectivity index (χ4n) is 4.79. The average Bonchev–Trinajstić information content (AvgIpc) is 3.68. The topological polar surface area (TPSA) is 375 Å². The number of hydrogen-bond acceptors (Lipinski definition) is 22. The van der Waals surface area contributed by atoms with E-state index >= 15 is 0 Å². The normalized spacial score (nSPS) is 21.8. The van der Waals surface area contributed by atoms with Crippen LogP contribution in [0.25, 0.3) is 11.2 Å². The Morgan fingerprint density at radius 1 is 1.07 bits per heavy atom. The molecular weight excluding hydrogens is 843 g/mol. The van der Waals surface area contributed by atoms with Gasteiger partial charge in [0, 0.05) is 37.1 Å². The monoisotopic (exact) mass is 885 g/mol. The SMILES string of the molecule is CC/C=C\C=C\CC(=O)SCCNC(=O)CCNC(=O)[C@H](O)C(C)(C)COP(=O)([O-])OP(=O)([O-])OC[C@H]1O[C@@H](n2cnc3c(N)ncnc32)[C@H](O)[C@@H]1OP(=O)([O-])[O-]. The summed E-state index contributed by atoms with van der Waals surface area (Å²) < 4.78 is 60.5. The van der Waals surface area contributed by atoms with Crippen LogP contribution in [0.5, 0.6) is 0 Å². The standard InChI is InChI=1S/C29H46N7O17P3S/c1-4-5-6-7-8-9-20(38)57-13-12-31-19(37)10-11-32-27(41)24(40)29(2,3)15-50-56(47,48)53-55(45,46)49-14-18-23(52-54(42,43)44)22(39)28(51-18)36-17-35-21-25(30)33-16-34-26(21)36/h5-8,16-18,22-24,28,39-40H,4,9-15H2,1-3H3,(H,31,37)(H,32,41)(H,45,46)(H,47,48)(H2,30,33,34)(H2,42,43,44)/p-4/b6-5-,8-7+/t18-,22-,23-,24+,28-/m1/s1. The minimum Gasteiger partial charge on any atom is -0.790 e. The third kappa shape index (κ3) is 15.6. The number of phosphoric acid groups is 3. The summed E-state index contributed by atoms with van der Waals surface area (Å²) in [4.78, 5) is 95.9. The Hall–Kier alpha value is -2.96. The summed E-state index contributed by atoms with van der Waals surface area (Å²) >= 11 is 1.05. The van der Waals surface area contributed by atoms with Crippen molar-refractivity contribution in [1.29, 1.82) is 0 Å². The van der Waals surface area contributed by atoms with Gasteiger partial charge in [-0.05, 0) is 6.42 Å². The molecule has 1 aliphatic heterocycles. The van der Waals surface area contributed by atoms with Crippen LogP contribution >= 0.6 is 35.2 Å². The van der Waals surface area contributed by atoms with Crippen molar-refractivity contribution in [2.75, 3.05) is 37.8 Å². The molecule has 3 rings (SSSR count). The van der Waals surface area contributed by atoms with Crippen molar-refractivity contribution in [3.8, 4) is 0 Å². The molecule has 0 spiro atoms. The summed E-state index contributed by atoms with van der Waals surface area (Å²) in [5.74, 6) is -1.23. The Morgan fingerprint density at radius 3 is 2.44 bits per heavy atom. The third-order valence-electron chi connectivity index (χ3n) is 7.64. The molecule has 3 heterocycles. The van der Waals surface area contributed by atoms with E-state index in [1.165, 1.54) is 13.8 Å². The number of fused-ring (bicyclic) bond motifs is 1. The van der Waals surface area contributed by atoms with E-state index in [-0.39, 0.29) is 48.0 Å². The number of amides is 2. The Kier molecular flexibility index (Phi) is 18.1. The number of nitrogens with two attached hydrogens (primary N) is 1. The predicted molar refractivity (Wildman–Crippen MR) is 191 cm³/mol. The summed E-state index contributed by atoms with van der Waals surface area (Å²) in [6, 6.07) is 0. The molecule has 2 unspecified atom stereocenters. The maximum absolute atomic E-state index is 12.5. The third-order valence-corrected chi connectivity index (χ3v) is 11.6. The highest BCUT2D eigenvalue weighted by molar-refractivity contribution is 8.13. The summed E-state index contributed by atoms with van der Waals surface area (Å²) in [7, 11) is -17.6. The van der Waals surface area contributed by atoms with Crippen LogP contribution in [0.1, 0.15) is 46.3 Å². The number of aliphatic hydroxyl groups is 2.